The first-order valence-electron chi connectivity index (χ1n) is 13.5. The van der Waals surface area contributed by atoms with Gasteiger partial charge in [0.15, 0.2) is 0 Å². The Bertz CT molecular complexity index is 1400. The minimum absolute atomic E-state index is 0.0147. The van der Waals surface area contributed by atoms with Gasteiger partial charge in [0.1, 0.15) is 0 Å². The Morgan fingerprint density at radius 1 is 0.400 bits per heavy atom. The maximum absolute atomic E-state index is 13.8. The number of amides is 2. The summed E-state index contributed by atoms with van der Waals surface area (Å²) in [7, 11) is 0. The number of rotatable bonds is 10. The molecule has 40 heavy (non-hydrogen) atoms. The van der Waals surface area contributed by atoms with E-state index in [-0.39, 0.29) is 24.7 Å². The van der Waals surface area contributed by atoms with E-state index >= 15 is 0 Å². The zero-order valence-corrected chi connectivity index (χ0v) is 22.4. The molecule has 0 atom stereocenters. The number of para-hydroxylation sites is 2. The Labute approximate surface area is 236 Å². The summed E-state index contributed by atoms with van der Waals surface area (Å²) in [6.07, 6.45) is 0.407. The van der Waals surface area contributed by atoms with Crippen LogP contribution in [0.3, 0.4) is 0 Å². The number of nitrogens with zero attached hydrogens (tertiary/aromatic N) is 2. The maximum Gasteiger partial charge on any atom is 0.231 e. The number of carbonyl (C=O) groups is 2. The van der Waals surface area contributed by atoms with Crippen molar-refractivity contribution in [2.45, 2.75) is 25.9 Å². The molecule has 0 saturated heterocycles. The van der Waals surface area contributed by atoms with Crippen molar-refractivity contribution in [3.8, 4) is 0 Å². The second kappa shape index (κ2) is 13.2. The molecular weight excluding hydrogens is 492 g/mol. The number of hydrogen-bond acceptors (Lipinski definition) is 2. The van der Waals surface area contributed by atoms with E-state index in [0.29, 0.717) is 13.1 Å². The molecular formula is C36H32N2O2. The van der Waals surface area contributed by atoms with Gasteiger partial charge in [-0.05, 0) is 46.5 Å². The first-order valence-corrected chi connectivity index (χ1v) is 13.5. The van der Waals surface area contributed by atoms with Crippen LogP contribution >= 0.6 is 0 Å². The summed E-state index contributed by atoms with van der Waals surface area (Å²) >= 11 is 0. The van der Waals surface area contributed by atoms with Crippen LogP contribution in [0.1, 0.15) is 22.3 Å². The monoisotopic (exact) mass is 524 g/mol. The fourth-order valence-electron chi connectivity index (χ4n) is 4.81. The van der Waals surface area contributed by atoms with E-state index in [2.05, 4.69) is 0 Å². The number of hydrogen-bond donors (Lipinski definition) is 0. The van der Waals surface area contributed by atoms with Crippen LogP contribution < -0.4 is 9.80 Å². The van der Waals surface area contributed by atoms with Gasteiger partial charge in [0.05, 0.1) is 25.9 Å². The van der Waals surface area contributed by atoms with Crippen LogP contribution in [0, 0.1) is 0 Å². The molecule has 5 aromatic carbocycles. The molecule has 4 heteroatoms. The van der Waals surface area contributed by atoms with Gasteiger partial charge in [-0.2, -0.15) is 0 Å². The van der Waals surface area contributed by atoms with Crippen molar-refractivity contribution in [3.63, 3.8) is 0 Å². The quantitative estimate of drug-likeness (QED) is 0.193. The summed E-state index contributed by atoms with van der Waals surface area (Å²) in [6, 6.07) is 47.3. The summed E-state index contributed by atoms with van der Waals surface area (Å²) in [6.45, 7) is 0.952. The Morgan fingerprint density at radius 3 is 1.05 bits per heavy atom. The normalized spacial score (nSPS) is 10.6. The van der Waals surface area contributed by atoms with Crippen LogP contribution in [0.5, 0.6) is 0 Å². The van der Waals surface area contributed by atoms with E-state index < -0.39 is 0 Å². The molecule has 0 spiro atoms. The van der Waals surface area contributed by atoms with Gasteiger partial charge >= 0.3 is 0 Å². The molecule has 5 rings (SSSR count). The van der Waals surface area contributed by atoms with Crippen LogP contribution in [0.4, 0.5) is 11.4 Å². The second-order valence-electron chi connectivity index (χ2n) is 9.72. The Hall–Kier alpha value is -4.96. The van der Waals surface area contributed by atoms with Crippen molar-refractivity contribution in [3.05, 3.63) is 168 Å². The Morgan fingerprint density at radius 2 is 0.700 bits per heavy atom. The van der Waals surface area contributed by atoms with Gasteiger partial charge in [-0.15, -0.1) is 0 Å². The standard InChI is InChI=1S/C36H32N2O2/c39-35(37(33-21-9-3-10-22-33)27-29-15-5-1-6-16-29)25-31-19-13-14-20-32(31)26-36(40)38(34-23-11-4-12-24-34)28-30-17-7-2-8-18-30/h1-24H,25-28H2. The van der Waals surface area contributed by atoms with Crippen molar-refractivity contribution in [2.75, 3.05) is 9.80 Å². The molecule has 4 nitrogen and oxygen atoms in total. The van der Waals surface area contributed by atoms with Gasteiger partial charge in [-0.3, -0.25) is 9.59 Å². The van der Waals surface area contributed by atoms with Crippen LogP contribution in [0.2, 0.25) is 0 Å². The topological polar surface area (TPSA) is 40.6 Å². The maximum atomic E-state index is 13.8. The molecule has 0 heterocycles. The zero-order chi connectivity index (χ0) is 27.6. The van der Waals surface area contributed by atoms with Gasteiger partial charge in [0, 0.05) is 11.4 Å². The van der Waals surface area contributed by atoms with Crippen molar-refractivity contribution in [2.24, 2.45) is 0 Å². The lowest BCUT2D eigenvalue weighted by Crippen LogP contribution is -2.33. The third-order valence-electron chi connectivity index (χ3n) is 6.91. The minimum Gasteiger partial charge on any atom is -0.308 e. The lowest BCUT2D eigenvalue weighted by Gasteiger charge is -2.25. The van der Waals surface area contributed by atoms with Crippen molar-refractivity contribution in [1.82, 2.24) is 0 Å². The third kappa shape index (κ3) is 6.91. The summed E-state index contributed by atoms with van der Waals surface area (Å²) < 4.78 is 0. The average Bonchev–Trinajstić information content (AvgIpc) is 3.01. The third-order valence-corrected chi connectivity index (χ3v) is 6.91. The molecule has 5 aromatic rings. The summed E-state index contributed by atoms with van der Waals surface area (Å²) in [5, 5.41) is 0. The molecule has 0 fully saturated rings. The molecule has 0 unspecified atom stereocenters. The average molecular weight is 525 g/mol. The van der Waals surface area contributed by atoms with Gasteiger partial charge in [-0.1, -0.05) is 121 Å². The number of carbonyl (C=O) groups excluding carboxylic acids is 2. The smallest absolute Gasteiger partial charge is 0.231 e. The predicted octanol–water partition coefficient (Wildman–Crippen LogP) is 7.24. The number of benzene rings is 5. The van der Waals surface area contributed by atoms with Gasteiger partial charge in [0.2, 0.25) is 11.8 Å². The molecule has 0 aliphatic rings. The van der Waals surface area contributed by atoms with E-state index in [1.807, 2.05) is 155 Å². The van der Waals surface area contributed by atoms with Crippen LogP contribution in [-0.4, -0.2) is 11.8 Å². The van der Waals surface area contributed by atoms with Crippen molar-refractivity contribution in [1.29, 1.82) is 0 Å². The highest BCUT2D eigenvalue weighted by Gasteiger charge is 2.21. The highest BCUT2D eigenvalue weighted by atomic mass is 16.2. The lowest BCUT2D eigenvalue weighted by molar-refractivity contribution is -0.119. The minimum atomic E-state index is -0.0147. The molecule has 0 N–H and O–H groups in total. The van der Waals surface area contributed by atoms with Crippen LogP contribution in [0.15, 0.2) is 146 Å². The largest absolute Gasteiger partial charge is 0.308 e. The second-order valence-corrected chi connectivity index (χ2v) is 9.72. The first-order chi connectivity index (χ1) is 19.7. The van der Waals surface area contributed by atoms with E-state index in [4.69, 9.17) is 0 Å². The van der Waals surface area contributed by atoms with Crippen molar-refractivity contribution >= 4 is 23.2 Å². The Kier molecular flexibility index (Phi) is 8.80. The molecule has 0 radical (unpaired) electrons. The highest BCUT2D eigenvalue weighted by Crippen LogP contribution is 2.22. The molecule has 2 amide bonds. The van der Waals surface area contributed by atoms with Gasteiger partial charge in [-0.25, -0.2) is 0 Å². The fourth-order valence-corrected chi connectivity index (χ4v) is 4.81. The van der Waals surface area contributed by atoms with Crippen molar-refractivity contribution < 1.29 is 9.59 Å². The fraction of sp³-hybridized carbons (Fsp3) is 0.111. The predicted molar refractivity (Wildman–Crippen MR) is 162 cm³/mol. The zero-order valence-electron chi connectivity index (χ0n) is 22.4. The Balaban J connectivity index is 1.38. The molecule has 0 aliphatic heterocycles. The van der Waals surface area contributed by atoms with E-state index in [9.17, 15) is 9.59 Å². The van der Waals surface area contributed by atoms with E-state index in [1.165, 1.54) is 0 Å². The van der Waals surface area contributed by atoms with Gasteiger partial charge in [0.25, 0.3) is 0 Å². The summed E-state index contributed by atoms with van der Waals surface area (Å²) in [4.78, 5) is 31.2. The van der Waals surface area contributed by atoms with E-state index in [1.54, 1.807) is 0 Å². The molecule has 0 aliphatic carbocycles. The van der Waals surface area contributed by atoms with Gasteiger partial charge < -0.3 is 9.80 Å². The summed E-state index contributed by atoms with van der Waals surface area (Å²) in [5.74, 6) is -0.0293. The molecule has 0 bridgehead atoms. The first kappa shape index (κ1) is 26.6. The number of anilines is 2. The summed E-state index contributed by atoms with van der Waals surface area (Å²) in [5.41, 5.74) is 5.54. The SMILES string of the molecule is O=C(Cc1ccccc1CC(=O)N(Cc1ccccc1)c1ccccc1)N(Cc1ccccc1)c1ccccc1. The lowest BCUT2D eigenvalue weighted by atomic mass is 10.00. The molecule has 0 saturated carbocycles. The molecule has 198 valence electrons. The van der Waals surface area contributed by atoms with Crippen LogP contribution in [-0.2, 0) is 35.5 Å². The molecule has 0 aromatic heterocycles. The van der Waals surface area contributed by atoms with E-state index in [0.717, 1.165) is 33.6 Å². The highest BCUT2D eigenvalue weighted by molar-refractivity contribution is 5.97. The van der Waals surface area contributed by atoms with Crippen LogP contribution in [0.25, 0.3) is 0 Å².